The van der Waals surface area contributed by atoms with Crippen LogP contribution in [0, 0.1) is 12.8 Å². The summed E-state index contributed by atoms with van der Waals surface area (Å²) in [6.07, 6.45) is 2.46. The van der Waals surface area contributed by atoms with Crippen molar-refractivity contribution in [2.24, 2.45) is 10.9 Å². The van der Waals surface area contributed by atoms with E-state index in [0.717, 1.165) is 28.3 Å². The van der Waals surface area contributed by atoms with Gasteiger partial charge in [0.05, 0.1) is 6.54 Å². The Bertz CT molecular complexity index is 469. The number of hydrogen-bond donors (Lipinski definition) is 1. The summed E-state index contributed by atoms with van der Waals surface area (Å²) in [7, 11) is 0. The normalized spacial score (nSPS) is 18.8. The fourth-order valence-electron chi connectivity index (χ4n) is 2.36. The number of halogens is 1. The molecule has 0 spiro atoms. The van der Waals surface area contributed by atoms with Gasteiger partial charge in [-0.3, -0.25) is 4.99 Å². The highest BCUT2D eigenvalue weighted by Crippen LogP contribution is 2.32. The molecule has 0 radical (unpaired) electrons. The van der Waals surface area contributed by atoms with E-state index >= 15 is 0 Å². The van der Waals surface area contributed by atoms with Gasteiger partial charge in [0.25, 0.3) is 0 Å². The Hall–Kier alpha value is -0.670. The van der Waals surface area contributed by atoms with Gasteiger partial charge in [-0.25, -0.2) is 0 Å². The van der Waals surface area contributed by atoms with Crippen molar-refractivity contribution in [3.8, 4) is 0 Å². The minimum atomic E-state index is 0.622. The van der Waals surface area contributed by atoms with Crippen molar-refractivity contribution in [3.63, 3.8) is 0 Å². The van der Waals surface area contributed by atoms with Gasteiger partial charge in [-0.15, -0.1) is 0 Å². The summed E-state index contributed by atoms with van der Waals surface area (Å²) in [6.45, 7) is 7.54. The van der Waals surface area contributed by atoms with Crippen molar-refractivity contribution in [2.75, 3.05) is 11.9 Å². The van der Waals surface area contributed by atoms with Crippen molar-refractivity contribution in [2.45, 2.75) is 38.9 Å². The smallest absolute Gasteiger partial charge is 0.161 e. The van der Waals surface area contributed by atoms with Crippen LogP contribution in [0.25, 0.3) is 0 Å². The fraction of sp³-hybridized carbons (Fsp3) is 0.533. The van der Waals surface area contributed by atoms with E-state index < -0.39 is 0 Å². The summed E-state index contributed by atoms with van der Waals surface area (Å²) < 4.78 is 0. The van der Waals surface area contributed by atoms with Gasteiger partial charge >= 0.3 is 0 Å². The molecular weight excluding hydrogens is 276 g/mol. The number of aliphatic imine (C=N–C) groups is 1. The van der Waals surface area contributed by atoms with Crippen molar-refractivity contribution >= 4 is 34.2 Å². The van der Waals surface area contributed by atoms with E-state index in [9.17, 15) is 0 Å². The largest absolute Gasteiger partial charge is 0.335 e. The molecule has 2 nitrogen and oxygen atoms in total. The maximum absolute atomic E-state index is 6.04. The molecule has 0 aromatic heterocycles. The van der Waals surface area contributed by atoms with Crippen LogP contribution in [-0.2, 0) is 0 Å². The van der Waals surface area contributed by atoms with Gasteiger partial charge in [-0.2, -0.15) is 0 Å². The van der Waals surface area contributed by atoms with Gasteiger partial charge in [-0.05, 0) is 30.5 Å². The number of benzene rings is 1. The molecule has 1 aromatic rings. The van der Waals surface area contributed by atoms with Crippen LogP contribution < -0.4 is 5.32 Å². The van der Waals surface area contributed by atoms with Crippen LogP contribution in [0.1, 0.15) is 32.3 Å². The standard InChI is InChI=1S/C15H21ClN2S/c1-4-11(5-2)14-9-17-15(19-14)18-13-8-12(16)7-6-10(13)3/h6-8,11,14H,4-5,9H2,1-3H3,(H,17,18). The number of anilines is 1. The molecule has 0 fully saturated rings. The molecule has 0 saturated heterocycles. The molecule has 104 valence electrons. The zero-order chi connectivity index (χ0) is 13.8. The lowest BCUT2D eigenvalue weighted by Gasteiger charge is -2.18. The number of nitrogens with one attached hydrogen (secondary N) is 1. The molecule has 1 aromatic carbocycles. The van der Waals surface area contributed by atoms with Crippen LogP contribution in [0.5, 0.6) is 0 Å². The number of hydrogen-bond acceptors (Lipinski definition) is 3. The summed E-state index contributed by atoms with van der Waals surface area (Å²) in [5.41, 5.74) is 2.25. The SMILES string of the molecule is CCC(CC)C1CN=C(Nc2cc(Cl)ccc2C)S1. The molecule has 1 aliphatic heterocycles. The van der Waals surface area contributed by atoms with Crippen LogP contribution in [0.2, 0.25) is 5.02 Å². The first-order valence-electron chi connectivity index (χ1n) is 6.88. The Kier molecular flexibility index (Phi) is 5.17. The Labute approximate surface area is 125 Å². The molecule has 0 aliphatic carbocycles. The first kappa shape index (κ1) is 14.7. The van der Waals surface area contributed by atoms with E-state index in [0.29, 0.717) is 5.25 Å². The second-order valence-electron chi connectivity index (χ2n) is 4.96. The van der Waals surface area contributed by atoms with E-state index in [1.807, 2.05) is 30.0 Å². The first-order chi connectivity index (χ1) is 9.13. The minimum Gasteiger partial charge on any atom is -0.335 e. The predicted octanol–water partition coefficient (Wildman–Crippen LogP) is 4.97. The molecule has 1 heterocycles. The molecule has 1 aliphatic rings. The lowest BCUT2D eigenvalue weighted by atomic mass is 9.99. The number of rotatable bonds is 4. The predicted molar refractivity (Wildman–Crippen MR) is 87.6 cm³/mol. The fourth-order valence-corrected chi connectivity index (χ4v) is 3.87. The highest BCUT2D eigenvalue weighted by atomic mass is 35.5. The average Bonchev–Trinajstić information content (AvgIpc) is 2.84. The van der Waals surface area contributed by atoms with Crippen molar-refractivity contribution in [1.29, 1.82) is 0 Å². The first-order valence-corrected chi connectivity index (χ1v) is 8.14. The second-order valence-corrected chi connectivity index (χ2v) is 6.63. The molecule has 1 unspecified atom stereocenters. The molecule has 1 N–H and O–H groups in total. The Balaban J connectivity index is 2.00. The van der Waals surface area contributed by atoms with Gasteiger partial charge in [-0.1, -0.05) is 56.1 Å². The quantitative estimate of drug-likeness (QED) is 0.848. The maximum atomic E-state index is 6.04. The van der Waals surface area contributed by atoms with Gasteiger partial charge in [0.2, 0.25) is 0 Å². The molecule has 19 heavy (non-hydrogen) atoms. The van der Waals surface area contributed by atoms with Crippen LogP contribution >= 0.6 is 23.4 Å². The number of amidine groups is 1. The zero-order valence-electron chi connectivity index (χ0n) is 11.7. The third-order valence-corrected chi connectivity index (χ3v) is 5.22. The highest BCUT2D eigenvalue weighted by Gasteiger charge is 2.26. The van der Waals surface area contributed by atoms with Gasteiger partial charge < -0.3 is 5.32 Å². The van der Waals surface area contributed by atoms with E-state index in [1.54, 1.807) is 0 Å². The highest BCUT2D eigenvalue weighted by molar-refractivity contribution is 8.15. The van der Waals surface area contributed by atoms with Gasteiger partial charge in [0.15, 0.2) is 5.17 Å². The third kappa shape index (κ3) is 3.67. The summed E-state index contributed by atoms with van der Waals surface area (Å²) in [4.78, 5) is 4.63. The molecular formula is C15H21ClN2S. The van der Waals surface area contributed by atoms with Gasteiger partial charge in [0.1, 0.15) is 0 Å². The maximum Gasteiger partial charge on any atom is 0.161 e. The lowest BCUT2D eigenvalue weighted by Crippen LogP contribution is -2.17. The topological polar surface area (TPSA) is 24.4 Å². The monoisotopic (exact) mass is 296 g/mol. The summed E-state index contributed by atoms with van der Waals surface area (Å²) in [5, 5.41) is 5.82. The van der Waals surface area contributed by atoms with Crippen molar-refractivity contribution in [1.82, 2.24) is 0 Å². The zero-order valence-corrected chi connectivity index (χ0v) is 13.3. The van der Waals surface area contributed by atoms with Crippen LogP contribution in [-0.4, -0.2) is 17.0 Å². The Morgan fingerprint density at radius 3 is 2.84 bits per heavy atom. The van der Waals surface area contributed by atoms with Crippen LogP contribution in [0.4, 0.5) is 5.69 Å². The third-order valence-electron chi connectivity index (χ3n) is 3.69. The van der Waals surface area contributed by atoms with E-state index in [2.05, 4.69) is 31.1 Å². The molecule has 0 saturated carbocycles. The average molecular weight is 297 g/mol. The van der Waals surface area contributed by atoms with E-state index in [1.165, 1.54) is 18.4 Å². The number of thioether (sulfide) groups is 1. The summed E-state index contributed by atoms with van der Waals surface area (Å²) >= 11 is 7.91. The van der Waals surface area contributed by atoms with E-state index in [4.69, 9.17) is 11.6 Å². The van der Waals surface area contributed by atoms with E-state index in [-0.39, 0.29) is 0 Å². The van der Waals surface area contributed by atoms with Gasteiger partial charge in [0, 0.05) is 16.0 Å². The van der Waals surface area contributed by atoms with Crippen LogP contribution in [0.3, 0.4) is 0 Å². The summed E-state index contributed by atoms with van der Waals surface area (Å²) in [5.74, 6) is 0.758. The second kappa shape index (κ2) is 6.67. The molecule has 4 heteroatoms. The molecule has 1 atom stereocenters. The lowest BCUT2D eigenvalue weighted by molar-refractivity contribution is 0.479. The molecule has 2 rings (SSSR count). The number of aryl methyl sites for hydroxylation is 1. The summed E-state index contributed by atoms with van der Waals surface area (Å²) in [6, 6.07) is 5.91. The van der Waals surface area contributed by atoms with Crippen molar-refractivity contribution < 1.29 is 0 Å². The number of nitrogens with zero attached hydrogens (tertiary/aromatic N) is 1. The Morgan fingerprint density at radius 2 is 2.16 bits per heavy atom. The minimum absolute atomic E-state index is 0.622. The Morgan fingerprint density at radius 1 is 1.42 bits per heavy atom. The van der Waals surface area contributed by atoms with Crippen LogP contribution in [0.15, 0.2) is 23.2 Å². The molecule has 0 amide bonds. The molecule has 0 bridgehead atoms. The van der Waals surface area contributed by atoms with Crippen molar-refractivity contribution in [3.05, 3.63) is 28.8 Å².